The van der Waals surface area contributed by atoms with Gasteiger partial charge in [-0.25, -0.2) is 18.6 Å². The average molecular weight is 378 g/mol. The Morgan fingerprint density at radius 1 is 1.00 bits per heavy atom. The monoisotopic (exact) mass is 377 g/mol. The second-order valence-electron chi connectivity index (χ2n) is 7.24. The molecule has 0 bridgehead atoms. The predicted octanol–water partition coefficient (Wildman–Crippen LogP) is 3.37. The van der Waals surface area contributed by atoms with Crippen LogP contribution in [-0.2, 0) is 9.84 Å². The Balaban J connectivity index is 1.61. The fraction of sp³-hybridized carbons (Fsp3) is 0.579. The molecule has 0 spiro atoms. The van der Waals surface area contributed by atoms with Gasteiger partial charge in [0.2, 0.25) is 0 Å². The molecule has 2 amide bonds. The third kappa shape index (κ3) is 4.44. The summed E-state index contributed by atoms with van der Waals surface area (Å²) in [7, 11) is -3.24. The lowest BCUT2D eigenvalue weighted by atomic mass is 10.1. The number of amides is 2. The normalized spacial score (nSPS) is 19.7. The van der Waals surface area contributed by atoms with Gasteiger partial charge in [-0.1, -0.05) is 37.8 Å². The van der Waals surface area contributed by atoms with Crippen molar-refractivity contribution in [1.29, 1.82) is 0 Å². The first-order valence-corrected chi connectivity index (χ1v) is 11.0. The van der Waals surface area contributed by atoms with Crippen molar-refractivity contribution in [1.82, 2.24) is 10.7 Å². The van der Waals surface area contributed by atoms with E-state index in [1.54, 1.807) is 31.2 Å². The number of carbonyl (C=O) groups is 1. The number of sulfone groups is 1. The summed E-state index contributed by atoms with van der Waals surface area (Å²) in [5, 5.41) is 6.77. The van der Waals surface area contributed by atoms with Gasteiger partial charge in [-0.05, 0) is 50.3 Å². The summed E-state index contributed by atoms with van der Waals surface area (Å²) in [6.07, 6.45) is 7.84. The zero-order valence-corrected chi connectivity index (χ0v) is 16.0. The van der Waals surface area contributed by atoms with E-state index in [0.29, 0.717) is 10.6 Å². The van der Waals surface area contributed by atoms with Crippen LogP contribution in [0.2, 0.25) is 0 Å². The number of urea groups is 1. The van der Waals surface area contributed by atoms with Crippen molar-refractivity contribution in [2.45, 2.75) is 74.5 Å². The van der Waals surface area contributed by atoms with Crippen LogP contribution < -0.4 is 10.7 Å². The molecule has 0 aliphatic heterocycles. The molecule has 0 atom stereocenters. The van der Waals surface area contributed by atoms with E-state index in [-0.39, 0.29) is 17.3 Å². The van der Waals surface area contributed by atoms with Gasteiger partial charge in [0.05, 0.1) is 15.9 Å². The smallest absolute Gasteiger partial charge is 0.334 e. The van der Waals surface area contributed by atoms with Crippen LogP contribution in [-0.4, -0.2) is 31.5 Å². The molecule has 0 saturated heterocycles. The zero-order valence-electron chi connectivity index (χ0n) is 15.2. The molecule has 1 aromatic carbocycles. The SMILES string of the molecule is C/C(=N\NC(=O)NC1CCCC1)c1ccc(S(=O)(=O)C2CCCC2)cc1. The van der Waals surface area contributed by atoms with Crippen molar-refractivity contribution < 1.29 is 13.2 Å². The maximum absolute atomic E-state index is 12.6. The van der Waals surface area contributed by atoms with Gasteiger partial charge in [0.1, 0.15) is 0 Å². The van der Waals surface area contributed by atoms with E-state index in [1.165, 1.54) is 0 Å². The average Bonchev–Trinajstić information content (AvgIpc) is 3.34. The van der Waals surface area contributed by atoms with Gasteiger partial charge in [-0.15, -0.1) is 0 Å². The molecule has 0 radical (unpaired) electrons. The molecule has 7 heteroatoms. The molecular formula is C19H27N3O3S. The van der Waals surface area contributed by atoms with E-state index in [4.69, 9.17) is 0 Å². The van der Waals surface area contributed by atoms with Crippen molar-refractivity contribution in [3.05, 3.63) is 29.8 Å². The minimum absolute atomic E-state index is 0.241. The largest absolute Gasteiger partial charge is 0.335 e. The Bertz CT molecular complexity index is 760. The molecule has 0 aromatic heterocycles. The van der Waals surface area contributed by atoms with Crippen LogP contribution in [0.15, 0.2) is 34.3 Å². The molecular weight excluding hydrogens is 350 g/mol. The number of hydrazone groups is 1. The number of nitrogens with one attached hydrogen (secondary N) is 2. The third-order valence-corrected chi connectivity index (χ3v) is 7.64. The predicted molar refractivity (Wildman–Crippen MR) is 102 cm³/mol. The molecule has 26 heavy (non-hydrogen) atoms. The Morgan fingerprint density at radius 3 is 2.19 bits per heavy atom. The van der Waals surface area contributed by atoms with Crippen LogP contribution >= 0.6 is 0 Å². The zero-order chi connectivity index (χ0) is 18.6. The van der Waals surface area contributed by atoms with E-state index >= 15 is 0 Å². The van der Waals surface area contributed by atoms with Crippen molar-refractivity contribution in [3.8, 4) is 0 Å². The van der Waals surface area contributed by atoms with Crippen LogP contribution in [0, 0.1) is 0 Å². The molecule has 0 heterocycles. The van der Waals surface area contributed by atoms with Crippen LogP contribution in [0.4, 0.5) is 4.79 Å². The van der Waals surface area contributed by atoms with E-state index in [2.05, 4.69) is 15.8 Å². The molecule has 1 aromatic rings. The number of hydrogen-bond donors (Lipinski definition) is 2. The van der Waals surface area contributed by atoms with Crippen LogP contribution in [0.3, 0.4) is 0 Å². The van der Waals surface area contributed by atoms with E-state index in [9.17, 15) is 13.2 Å². The molecule has 0 unspecified atom stereocenters. The second kappa shape index (κ2) is 8.20. The highest BCUT2D eigenvalue weighted by Crippen LogP contribution is 2.29. The lowest BCUT2D eigenvalue weighted by Crippen LogP contribution is -2.39. The third-order valence-electron chi connectivity index (χ3n) is 5.36. The van der Waals surface area contributed by atoms with Gasteiger partial charge in [-0.2, -0.15) is 5.10 Å². The fourth-order valence-electron chi connectivity index (χ4n) is 3.76. The topological polar surface area (TPSA) is 87.6 Å². The van der Waals surface area contributed by atoms with Crippen molar-refractivity contribution >= 4 is 21.6 Å². The first kappa shape index (κ1) is 18.9. The fourth-order valence-corrected chi connectivity index (χ4v) is 5.62. The van der Waals surface area contributed by atoms with Crippen LogP contribution in [0.5, 0.6) is 0 Å². The minimum atomic E-state index is -3.24. The van der Waals surface area contributed by atoms with Gasteiger partial charge in [0.15, 0.2) is 9.84 Å². The second-order valence-corrected chi connectivity index (χ2v) is 9.47. The molecule has 2 aliphatic rings. The van der Waals surface area contributed by atoms with E-state index in [1.807, 2.05) is 0 Å². The molecule has 2 saturated carbocycles. The number of benzene rings is 1. The van der Waals surface area contributed by atoms with Gasteiger partial charge in [0, 0.05) is 6.04 Å². The Labute approximate surface area is 155 Å². The molecule has 3 rings (SSSR count). The highest BCUT2D eigenvalue weighted by Gasteiger charge is 2.30. The first-order valence-electron chi connectivity index (χ1n) is 9.42. The number of hydrogen-bond acceptors (Lipinski definition) is 4. The molecule has 6 nitrogen and oxygen atoms in total. The lowest BCUT2D eigenvalue weighted by Gasteiger charge is -2.12. The van der Waals surface area contributed by atoms with Crippen molar-refractivity contribution in [3.63, 3.8) is 0 Å². The minimum Gasteiger partial charge on any atom is -0.334 e. The van der Waals surface area contributed by atoms with Gasteiger partial charge < -0.3 is 5.32 Å². The highest BCUT2D eigenvalue weighted by atomic mass is 32.2. The summed E-state index contributed by atoms with van der Waals surface area (Å²) >= 11 is 0. The Hall–Kier alpha value is -1.89. The van der Waals surface area contributed by atoms with Crippen molar-refractivity contribution in [2.75, 3.05) is 0 Å². The summed E-state index contributed by atoms with van der Waals surface area (Å²) in [4.78, 5) is 12.2. The lowest BCUT2D eigenvalue weighted by molar-refractivity contribution is 0.237. The van der Waals surface area contributed by atoms with Crippen molar-refractivity contribution in [2.24, 2.45) is 5.10 Å². The van der Waals surface area contributed by atoms with E-state index in [0.717, 1.165) is 56.9 Å². The van der Waals surface area contributed by atoms with Gasteiger partial charge in [-0.3, -0.25) is 0 Å². The Morgan fingerprint density at radius 2 is 1.58 bits per heavy atom. The first-order chi connectivity index (χ1) is 12.5. The highest BCUT2D eigenvalue weighted by molar-refractivity contribution is 7.92. The van der Waals surface area contributed by atoms with E-state index < -0.39 is 9.84 Å². The summed E-state index contributed by atoms with van der Waals surface area (Å²) in [6, 6.07) is 6.72. The van der Waals surface area contributed by atoms with Gasteiger partial charge >= 0.3 is 6.03 Å². The summed E-state index contributed by atoms with van der Waals surface area (Å²) in [5.41, 5.74) is 3.94. The quantitative estimate of drug-likeness (QED) is 0.609. The molecule has 2 aliphatic carbocycles. The number of nitrogens with zero attached hydrogens (tertiary/aromatic N) is 1. The Kier molecular flexibility index (Phi) is 5.96. The summed E-state index contributed by atoms with van der Waals surface area (Å²) in [6.45, 7) is 1.79. The van der Waals surface area contributed by atoms with Gasteiger partial charge in [0.25, 0.3) is 0 Å². The maximum Gasteiger partial charge on any atom is 0.335 e. The summed E-state index contributed by atoms with van der Waals surface area (Å²) in [5.74, 6) is 0. The molecule has 2 fully saturated rings. The van der Waals surface area contributed by atoms with Crippen LogP contribution in [0.25, 0.3) is 0 Å². The molecule has 142 valence electrons. The number of carbonyl (C=O) groups excluding carboxylic acids is 1. The number of rotatable bonds is 5. The standard InChI is InChI=1S/C19H27N3O3S/c1-14(21-22-19(23)20-16-6-2-3-7-16)15-10-12-18(13-11-15)26(24,25)17-8-4-5-9-17/h10-13,16-17H,2-9H2,1H3,(H2,20,22,23)/b21-14+. The maximum atomic E-state index is 12.6. The van der Waals surface area contributed by atoms with Crippen LogP contribution in [0.1, 0.15) is 63.9 Å². The summed E-state index contributed by atoms with van der Waals surface area (Å²) < 4.78 is 25.2. The molecule has 2 N–H and O–H groups in total.